The van der Waals surface area contributed by atoms with E-state index in [0.717, 1.165) is 5.56 Å². The molecule has 2 fully saturated rings. The van der Waals surface area contributed by atoms with Crippen molar-refractivity contribution in [3.63, 3.8) is 0 Å². The molecule has 4 aromatic rings. The normalized spacial score (nSPS) is 17.7. The number of phenolic OH excluding ortho intramolecular Hbond substituents is 1. The average molecular weight is 517 g/mol. The molecule has 1 saturated carbocycles. The number of aromatic nitrogens is 1. The molecule has 1 saturated heterocycles. The van der Waals surface area contributed by atoms with Crippen molar-refractivity contribution in [2.24, 2.45) is 5.92 Å². The third-order valence-corrected chi connectivity index (χ3v) is 7.88. The van der Waals surface area contributed by atoms with Gasteiger partial charge in [0.15, 0.2) is 0 Å². The van der Waals surface area contributed by atoms with E-state index < -0.39 is 5.97 Å². The first kappa shape index (κ1) is 24.7. The number of carbonyl (C=O) groups is 1. The highest BCUT2D eigenvalue weighted by atomic mass is 16.5. The first-order valence-electron chi connectivity index (χ1n) is 13.3. The number of benzene rings is 2. The summed E-state index contributed by atoms with van der Waals surface area (Å²) in [5.74, 6) is 0.855. The Morgan fingerprint density at radius 1 is 1.13 bits per heavy atom. The van der Waals surface area contributed by atoms with E-state index in [9.17, 15) is 9.90 Å². The summed E-state index contributed by atoms with van der Waals surface area (Å²) in [6.07, 6.45) is 9.80. The molecule has 0 amide bonds. The van der Waals surface area contributed by atoms with Crippen molar-refractivity contribution < 1.29 is 28.5 Å². The fourth-order valence-corrected chi connectivity index (χ4v) is 5.95. The highest BCUT2D eigenvalue weighted by molar-refractivity contribution is 6.16. The summed E-state index contributed by atoms with van der Waals surface area (Å²) in [7, 11) is 1.35. The summed E-state index contributed by atoms with van der Waals surface area (Å²) in [5, 5.41) is 13.9. The van der Waals surface area contributed by atoms with Crippen LogP contribution in [0.5, 0.6) is 11.5 Å². The molecule has 0 spiro atoms. The minimum atomic E-state index is -0.518. The third kappa shape index (κ3) is 4.48. The number of pyridine rings is 1. The van der Waals surface area contributed by atoms with Crippen LogP contribution in [-0.4, -0.2) is 61.0 Å². The molecular weight excluding hydrogens is 484 g/mol. The molecule has 1 aliphatic carbocycles. The van der Waals surface area contributed by atoms with E-state index in [1.165, 1.54) is 39.1 Å². The van der Waals surface area contributed by atoms with Gasteiger partial charge in [-0.05, 0) is 54.7 Å². The van der Waals surface area contributed by atoms with Gasteiger partial charge in [0.05, 0.1) is 33.0 Å². The summed E-state index contributed by atoms with van der Waals surface area (Å²) in [5.41, 5.74) is 2.36. The number of nitrogens with zero attached hydrogens (tertiary/aromatic N) is 2. The number of rotatable bonds is 7. The van der Waals surface area contributed by atoms with Crippen molar-refractivity contribution in [3.8, 4) is 11.5 Å². The van der Waals surface area contributed by atoms with E-state index >= 15 is 0 Å². The standard InChI is InChI=1S/C30H32N2O6/c1-35-30(34)24-18-38-29-22-7-6-21(37-17-19-4-2-3-5-19)16-23(22)28(33)26(25(24)29)27(20-8-10-31-11-9-20)32-12-14-36-15-13-32/h6-11,16,18-19,27,33H,2-5,12-15,17H2,1H3. The number of hydrogen-bond acceptors (Lipinski definition) is 8. The van der Waals surface area contributed by atoms with E-state index in [-0.39, 0.29) is 17.4 Å². The maximum Gasteiger partial charge on any atom is 0.341 e. The van der Waals surface area contributed by atoms with Crippen molar-refractivity contribution >= 4 is 27.7 Å². The second-order valence-corrected chi connectivity index (χ2v) is 10.1. The van der Waals surface area contributed by atoms with Crippen molar-refractivity contribution in [1.82, 2.24) is 9.88 Å². The fourth-order valence-electron chi connectivity index (χ4n) is 5.95. The van der Waals surface area contributed by atoms with E-state index in [1.807, 2.05) is 30.3 Å². The second-order valence-electron chi connectivity index (χ2n) is 10.1. The summed E-state index contributed by atoms with van der Waals surface area (Å²) < 4.78 is 22.9. The summed E-state index contributed by atoms with van der Waals surface area (Å²) in [6.45, 7) is 3.16. The third-order valence-electron chi connectivity index (χ3n) is 7.88. The molecule has 2 aliphatic rings. The van der Waals surface area contributed by atoms with Gasteiger partial charge in [0, 0.05) is 47.2 Å². The molecule has 8 heteroatoms. The topological polar surface area (TPSA) is 94.3 Å². The van der Waals surface area contributed by atoms with Crippen LogP contribution in [0.1, 0.15) is 53.2 Å². The minimum absolute atomic E-state index is 0.0960. The van der Waals surface area contributed by atoms with E-state index in [1.54, 1.807) is 12.4 Å². The SMILES string of the molecule is COC(=O)c1coc2c1c(C(c1ccncc1)N1CCOCC1)c(O)c1cc(OCC3CCCC3)ccc12. The zero-order valence-corrected chi connectivity index (χ0v) is 21.5. The number of aromatic hydroxyl groups is 1. The Morgan fingerprint density at radius 2 is 1.89 bits per heavy atom. The largest absolute Gasteiger partial charge is 0.507 e. The lowest BCUT2D eigenvalue weighted by Gasteiger charge is -2.36. The number of furan rings is 1. The number of methoxy groups -OCH3 is 1. The molecule has 1 unspecified atom stereocenters. The first-order valence-corrected chi connectivity index (χ1v) is 13.3. The van der Waals surface area contributed by atoms with Crippen LogP contribution in [0.4, 0.5) is 0 Å². The van der Waals surface area contributed by atoms with Gasteiger partial charge in [-0.25, -0.2) is 4.79 Å². The zero-order valence-electron chi connectivity index (χ0n) is 21.5. The maximum atomic E-state index is 12.9. The van der Waals surface area contributed by atoms with Gasteiger partial charge in [-0.15, -0.1) is 0 Å². The smallest absolute Gasteiger partial charge is 0.341 e. The summed E-state index contributed by atoms with van der Waals surface area (Å²) >= 11 is 0. The minimum Gasteiger partial charge on any atom is -0.507 e. The Hall–Kier alpha value is -3.62. The van der Waals surface area contributed by atoms with Gasteiger partial charge < -0.3 is 23.7 Å². The predicted octanol–water partition coefficient (Wildman–Crippen LogP) is 5.46. The molecule has 2 aromatic carbocycles. The number of morpholine rings is 1. The van der Waals surface area contributed by atoms with Crippen LogP contribution in [0.15, 0.2) is 53.4 Å². The molecular formula is C30H32N2O6. The van der Waals surface area contributed by atoms with Crippen molar-refractivity contribution in [1.29, 1.82) is 0 Å². The quantitative estimate of drug-likeness (QED) is 0.324. The van der Waals surface area contributed by atoms with Gasteiger partial charge in [-0.1, -0.05) is 12.8 Å². The monoisotopic (exact) mass is 516 g/mol. The molecule has 2 aromatic heterocycles. The number of fused-ring (bicyclic) bond motifs is 3. The Balaban J connectivity index is 1.56. The van der Waals surface area contributed by atoms with Crippen LogP contribution in [0.3, 0.4) is 0 Å². The highest BCUT2D eigenvalue weighted by Gasteiger charge is 2.33. The Kier molecular flexibility index (Phi) is 6.91. The lowest BCUT2D eigenvalue weighted by atomic mass is 9.89. The second kappa shape index (κ2) is 10.6. The molecule has 1 aliphatic heterocycles. The number of carbonyl (C=O) groups excluding carboxylic acids is 1. The predicted molar refractivity (Wildman–Crippen MR) is 143 cm³/mol. The summed E-state index contributed by atoms with van der Waals surface area (Å²) in [6, 6.07) is 9.19. The zero-order chi connectivity index (χ0) is 26.1. The van der Waals surface area contributed by atoms with Crippen molar-refractivity contribution in [2.45, 2.75) is 31.7 Å². The fraction of sp³-hybridized carbons (Fsp3) is 0.400. The van der Waals surface area contributed by atoms with Crippen LogP contribution in [0, 0.1) is 5.92 Å². The Morgan fingerprint density at radius 3 is 2.63 bits per heavy atom. The first-order chi connectivity index (χ1) is 18.7. The molecule has 6 rings (SSSR count). The van der Waals surface area contributed by atoms with Crippen LogP contribution < -0.4 is 4.74 Å². The number of esters is 1. The van der Waals surface area contributed by atoms with Crippen LogP contribution >= 0.6 is 0 Å². The Bertz CT molecular complexity index is 1440. The van der Waals surface area contributed by atoms with Gasteiger partial charge in [-0.3, -0.25) is 9.88 Å². The summed E-state index contributed by atoms with van der Waals surface area (Å²) in [4.78, 5) is 19.3. The van der Waals surface area contributed by atoms with E-state index in [0.29, 0.717) is 71.9 Å². The number of phenols is 1. The lowest BCUT2D eigenvalue weighted by molar-refractivity contribution is 0.0238. The molecule has 3 heterocycles. The lowest BCUT2D eigenvalue weighted by Crippen LogP contribution is -2.39. The highest BCUT2D eigenvalue weighted by Crippen LogP contribution is 2.47. The van der Waals surface area contributed by atoms with Gasteiger partial charge in [-0.2, -0.15) is 0 Å². The molecule has 0 bridgehead atoms. The molecule has 0 radical (unpaired) electrons. The van der Waals surface area contributed by atoms with Gasteiger partial charge in [0.25, 0.3) is 0 Å². The van der Waals surface area contributed by atoms with Crippen LogP contribution in [0.25, 0.3) is 21.7 Å². The maximum absolute atomic E-state index is 12.9. The molecule has 198 valence electrons. The van der Waals surface area contributed by atoms with Crippen LogP contribution in [0.2, 0.25) is 0 Å². The van der Waals surface area contributed by atoms with Gasteiger partial charge in [0.1, 0.15) is 28.9 Å². The van der Waals surface area contributed by atoms with Crippen molar-refractivity contribution in [2.75, 3.05) is 40.0 Å². The van der Waals surface area contributed by atoms with E-state index in [2.05, 4.69) is 9.88 Å². The molecule has 8 nitrogen and oxygen atoms in total. The van der Waals surface area contributed by atoms with Crippen molar-refractivity contribution in [3.05, 3.63) is 65.7 Å². The molecule has 1 N–H and O–H groups in total. The van der Waals surface area contributed by atoms with E-state index in [4.69, 9.17) is 18.6 Å². The number of ether oxygens (including phenoxy) is 3. The molecule has 38 heavy (non-hydrogen) atoms. The number of hydrogen-bond donors (Lipinski definition) is 1. The van der Waals surface area contributed by atoms with Gasteiger partial charge in [0.2, 0.25) is 0 Å². The Labute approximate surface area is 221 Å². The molecule has 1 atom stereocenters. The average Bonchev–Trinajstić information content (AvgIpc) is 3.65. The van der Waals surface area contributed by atoms with Gasteiger partial charge >= 0.3 is 5.97 Å². The van der Waals surface area contributed by atoms with Crippen LogP contribution in [-0.2, 0) is 9.47 Å².